The van der Waals surface area contributed by atoms with E-state index < -0.39 is 6.09 Å². The number of allylic oxidation sites excluding steroid dienone is 1. The number of benzene rings is 1. The van der Waals surface area contributed by atoms with Crippen molar-refractivity contribution in [2.75, 3.05) is 26.0 Å². The third-order valence-electron chi connectivity index (χ3n) is 6.03. The van der Waals surface area contributed by atoms with Crippen molar-refractivity contribution >= 4 is 11.8 Å². The van der Waals surface area contributed by atoms with Crippen LogP contribution < -0.4 is 5.32 Å². The van der Waals surface area contributed by atoms with Crippen molar-refractivity contribution in [3.05, 3.63) is 54.3 Å². The van der Waals surface area contributed by atoms with E-state index in [0.29, 0.717) is 23.9 Å². The number of para-hydroxylation sites is 1. The van der Waals surface area contributed by atoms with Crippen LogP contribution >= 0.6 is 0 Å². The molecular weight excluding hydrogens is 314 g/mol. The van der Waals surface area contributed by atoms with Crippen molar-refractivity contribution in [1.82, 2.24) is 9.80 Å². The van der Waals surface area contributed by atoms with E-state index >= 15 is 0 Å². The van der Waals surface area contributed by atoms with Gasteiger partial charge in [0, 0.05) is 23.1 Å². The van der Waals surface area contributed by atoms with Gasteiger partial charge in [0.25, 0.3) is 0 Å². The van der Waals surface area contributed by atoms with Crippen LogP contribution in [0.25, 0.3) is 0 Å². The Hall–Kier alpha value is -2.11. The molecule has 3 unspecified atom stereocenters. The number of nitrogens with zero attached hydrogens (tertiary/aromatic N) is 2. The molecule has 5 heteroatoms. The van der Waals surface area contributed by atoms with E-state index in [0.717, 1.165) is 18.7 Å². The van der Waals surface area contributed by atoms with Gasteiger partial charge in [0.1, 0.15) is 5.76 Å². The summed E-state index contributed by atoms with van der Waals surface area (Å²) in [5.74, 6) is 0.997. The predicted octanol–water partition coefficient (Wildman–Crippen LogP) is 3.29. The number of likely N-dealkylation sites (tertiary alicyclic amines) is 2. The second-order valence-electron chi connectivity index (χ2n) is 7.60. The fraction of sp³-hybridized carbons (Fsp3) is 0.450. The van der Waals surface area contributed by atoms with Crippen LogP contribution in [0.15, 0.2) is 54.3 Å². The minimum Gasteiger partial charge on any atom is -0.410 e. The van der Waals surface area contributed by atoms with Crippen molar-refractivity contribution in [3.63, 3.8) is 0 Å². The maximum absolute atomic E-state index is 12.2. The van der Waals surface area contributed by atoms with E-state index in [1.165, 1.54) is 0 Å². The van der Waals surface area contributed by atoms with Crippen LogP contribution in [0.1, 0.15) is 13.3 Å². The molecule has 0 spiro atoms. The molecule has 0 radical (unpaired) electrons. The van der Waals surface area contributed by atoms with Gasteiger partial charge in [0.05, 0.1) is 6.17 Å². The summed E-state index contributed by atoms with van der Waals surface area (Å²) in [5, 5.41) is 2.77. The van der Waals surface area contributed by atoms with Gasteiger partial charge in [-0.05, 0) is 51.3 Å². The van der Waals surface area contributed by atoms with Crippen molar-refractivity contribution in [3.8, 4) is 0 Å². The molecule has 2 aliphatic heterocycles. The van der Waals surface area contributed by atoms with Gasteiger partial charge in [-0.2, -0.15) is 0 Å². The lowest BCUT2D eigenvalue weighted by Crippen LogP contribution is -2.43. The predicted molar refractivity (Wildman–Crippen MR) is 98.0 cm³/mol. The molecule has 1 aromatic carbocycles. The summed E-state index contributed by atoms with van der Waals surface area (Å²) in [6.07, 6.45) is 7.39. The molecule has 0 saturated carbocycles. The number of ether oxygens (including phenoxy) is 1. The summed E-state index contributed by atoms with van der Waals surface area (Å²) >= 11 is 0. The first-order valence-corrected chi connectivity index (χ1v) is 8.85. The number of likely N-dealkylation sites (N-methyl/N-ethyl adjacent to an activating group) is 1. The standard InChI is InChI=1S/C20H25N3O2/c1-20-11-12-22(2)18(20)23(3)17-10-9-15(13-16(17)20)25-19(24)21-14-7-5-4-6-8-14/h4-10,13,16-18H,11-12H2,1-3H3,(H,21,24)/t16?,17?,18?,20-/m1/s1. The average Bonchev–Trinajstić information content (AvgIpc) is 3.01. The molecule has 2 heterocycles. The summed E-state index contributed by atoms with van der Waals surface area (Å²) < 4.78 is 5.55. The van der Waals surface area contributed by atoms with Crippen molar-refractivity contribution in [1.29, 1.82) is 0 Å². The lowest BCUT2D eigenvalue weighted by molar-refractivity contribution is 0.0982. The number of anilines is 1. The first kappa shape index (κ1) is 16.4. The molecule has 1 aliphatic carbocycles. The lowest BCUT2D eigenvalue weighted by Gasteiger charge is -2.32. The van der Waals surface area contributed by atoms with Gasteiger partial charge < -0.3 is 4.74 Å². The molecule has 4 rings (SSSR count). The van der Waals surface area contributed by atoms with Crippen LogP contribution in [0.4, 0.5) is 10.5 Å². The molecule has 1 aromatic rings. The monoisotopic (exact) mass is 339 g/mol. The quantitative estimate of drug-likeness (QED) is 0.898. The molecule has 2 fully saturated rings. The Bertz CT molecular complexity index is 730. The number of nitrogens with one attached hydrogen (secondary N) is 1. The molecular formula is C20H25N3O2. The maximum atomic E-state index is 12.2. The highest BCUT2D eigenvalue weighted by Crippen LogP contribution is 2.53. The number of amides is 1. The zero-order chi connectivity index (χ0) is 17.6. The van der Waals surface area contributed by atoms with Crippen LogP contribution in [0.3, 0.4) is 0 Å². The number of hydrogen-bond acceptors (Lipinski definition) is 4. The molecule has 1 amide bonds. The van der Waals surface area contributed by atoms with Gasteiger partial charge in [-0.3, -0.25) is 15.1 Å². The van der Waals surface area contributed by atoms with Gasteiger partial charge in [-0.1, -0.05) is 31.2 Å². The molecule has 0 bridgehead atoms. The zero-order valence-corrected chi connectivity index (χ0v) is 15.0. The van der Waals surface area contributed by atoms with Crippen LogP contribution in [0.2, 0.25) is 0 Å². The van der Waals surface area contributed by atoms with Crippen LogP contribution in [0.5, 0.6) is 0 Å². The Morgan fingerprint density at radius 3 is 2.80 bits per heavy atom. The number of carbonyl (C=O) groups is 1. The maximum Gasteiger partial charge on any atom is 0.417 e. The van der Waals surface area contributed by atoms with E-state index in [-0.39, 0.29) is 5.41 Å². The summed E-state index contributed by atoms with van der Waals surface area (Å²) in [4.78, 5) is 17.1. The first-order chi connectivity index (χ1) is 12.0. The van der Waals surface area contributed by atoms with Crippen molar-refractivity contribution in [2.45, 2.75) is 25.6 Å². The third-order valence-corrected chi connectivity index (χ3v) is 6.03. The fourth-order valence-corrected chi connectivity index (χ4v) is 4.90. The van der Waals surface area contributed by atoms with E-state index in [2.05, 4.69) is 48.3 Å². The normalized spacial score (nSPS) is 34.4. The Labute approximate surface area is 148 Å². The topological polar surface area (TPSA) is 44.8 Å². The fourth-order valence-electron chi connectivity index (χ4n) is 4.90. The summed E-state index contributed by atoms with van der Waals surface area (Å²) in [6, 6.07) is 9.72. The smallest absolute Gasteiger partial charge is 0.410 e. The zero-order valence-electron chi connectivity index (χ0n) is 15.0. The Morgan fingerprint density at radius 2 is 2.04 bits per heavy atom. The summed E-state index contributed by atoms with van der Waals surface area (Å²) in [5.41, 5.74) is 0.916. The number of hydrogen-bond donors (Lipinski definition) is 1. The van der Waals surface area contributed by atoms with Crippen LogP contribution in [0, 0.1) is 11.3 Å². The van der Waals surface area contributed by atoms with Gasteiger partial charge in [-0.25, -0.2) is 4.79 Å². The van der Waals surface area contributed by atoms with Gasteiger partial charge in [0.15, 0.2) is 0 Å². The molecule has 4 atom stereocenters. The third kappa shape index (κ3) is 2.68. The van der Waals surface area contributed by atoms with Gasteiger partial charge in [-0.15, -0.1) is 0 Å². The average molecular weight is 339 g/mol. The van der Waals surface area contributed by atoms with Crippen molar-refractivity contribution < 1.29 is 9.53 Å². The number of carbonyl (C=O) groups excluding carboxylic acids is 1. The summed E-state index contributed by atoms with van der Waals surface area (Å²) in [6.45, 7) is 3.47. The molecule has 3 aliphatic rings. The van der Waals surface area contributed by atoms with E-state index in [9.17, 15) is 4.79 Å². The second-order valence-corrected chi connectivity index (χ2v) is 7.60. The summed E-state index contributed by atoms with van der Waals surface area (Å²) in [7, 11) is 4.39. The Kier molecular flexibility index (Phi) is 3.93. The van der Waals surface area contributed by atoms with E-state index in [1.807, 2.05) is 36.4 Å². The molecule has 132 valence electrons. The van der Waals surface area contributed by atoms with Gasteiger partial charge >= 0.3 is 6.09 Å². The lowest BCUT2D eigenvalue weighted by atomic mass is 9.73. The molecule has 25 heavy (non-hydrogen) atoms. The van der Waals surface area contributed by atoms with Crippen molar-refractivity contribution in [2.24, 2.45) is 11.3 Å². The number of rotatable bonds is 2. The van der Waals surface area contributed by atoms with E-state index in [1.54, 1.807) is 0 Å². The highest BCUT2D eigenvalue weighted by molar-refractivity contribution is 5.85. The molecule has 0 aromatic heterocycles. The highest BCUT2D eigenvalue weighted by atomic mass is 16.6. The minimum atomic E-state index is -0.447. The van der Waals surface area contributed by atoms with E-state index in [4.69, 9.17) is 4.74 Å². The first-order valence-electron chi connectivity index (χ1n) is 8.85. The Morgan fingerprint density at radius 1 is 1.28 bits per heavy atom. The second kappa shape index (κ2) is 6.00. The molecule has 2 saturated heterocycles. The molecule has 5 nitrogen and oxygen atoms in total. The van der Waals surface area contributed by atoms with Gasteiger partial charge in [0.2, 0.25) is 0 Å². The Balaban J connectivity index is 1.50. The molecule has 1 N–H and O–H groups in total. The highest BCUT2D eigenvalue weighted by Gasteiger charge is 2.58. The minimum absolute atomic E-state index is 0.184. The van der Waals surface area contributed by atoms with Crippen LogP contribution in [-0.4, -0.2) is 48.7 Å². The largest absolute Gasteiger partial charge is 0.417 e. The van der Waals surface area contributed by atoms with Crippen LogP contribution in [-0.2, 0) is 4.74 Å². The number of fused-ring (bicyclic) bond motifs is 3. The SMILES string of the molecule is CN1CC[C@]2(C)C3C=C(OC(=O)Nc4ccccc4)C=CC3N(C)C12.